The van der Waals surface area contributed by atoms with Gasteiger partial charge < -0.3 is 10.4 Å². The number of aliphatic hydroxyl groups excluding tert-OH is 1. The highest BCUT2D eigenvalue weighted by atomic mass is 16.3. The lowest BCUT2D eigenvalue weighted by Crippen LogP contribution is -2.56. The van der Waals surface area contributed by atoms with Gasteiger partial charge in [-0.1, -0.05) is 19.3 Å². The zero-order valence-electron chi connectivity index (χ0n) is 12.4. The summed E-state index contributed by atoms with van der Waals surface area (Å²) in [4.78, 5) is 14.6. The molecule has 3 rings (SSSR count). The van der Waals surface area contributed by atoms with Crippen molar-refractivity contribution in [3.8, 4) is 0 Å². The quantitative estimate of drug-likeness (QED) is 0.821. The maximum atomic E-state index is 12.0. The molecule has 2 atom stereocenters. The van der Waals surface area contributed by atoms with Crippen molar-refractivity contribution in [1.82, 2.24) is 10.2 Å². The van der Waals surface area contributed by atoms with Gasteiger partial charge in [0.05, 0.1) is 0 Å². The van der Waals surface area contributed by atoms with Crippen LogP contribution in [0.25, 0.3) is 0 Å². The predicted octanol–water partition coefficient (Wildman–Crippen LogP) is 1.53. The third-order valence-corrected chi connectivity index (χ3v) is 5.39. The Morgan fingerprint density at radius 1 is 1.10 bits per heavy atom. The van der Waals surface area contributed by atoms with E-state index in [0.717, 1.165) is 32.4 Å². The molecule has 2 N–H and O–H groups in total. The molecule has 0 aromatic rings. The molecule has 0 spiro atoms. The molecule has 0 radical (unpaired) electrons. The smallest absolute Gasteiger partial charge is 0.223 e. The minimum atomic E-state index is 0.156. The summed E-state index contributed by atoms with van der Waals surface area (Å²) in [5.41, 5.74) is 0. The summed E-state index contributed by atoms with van der Waals surface area (Å²) in [7, 11) is 0. The summed E-state index contributed by atoms with van der Waals surface area (Å²) in [6.07, 6.45) is 9.82. The van der Waals surface area contributed by atoms with Crippen LogP contribution in [-0.2, 0) is 4.79 Å². The Morgan fingerprint density at radius 3 is 2.50 bits per heavy atom. The second-order valence-corrected chi connectivity index (χ2v) is 6.91. The first-order valence-corrected chi connectivity index (χ1v) is 8.43. The number of piperidine rings is 1. The van der Waals surface area contributed by atoms with Crippen LogP contribution in [0.15, 0.2) is 0 Å². The Labute approximate surface area is 121 Å². The van der Waals surface area contributed by atoms with Crippen LogP contribution in [0.4, 0.5) is 0 Å². The molecule has 114 valence electrons. The average Bonchev–Trinajstić information content (AvgIpc) is 3.33. The van der Waals surface area contributed by atoms with Crippen molar-refractivity contribution in [3.63, 3.8) is 0 Å². The van der Waals surface area contributed by atoms with E-state index in [-0.39, 0.29) is 30.4 Å². The first-order chi connectivity index (χ1) is 9.78. The molecule has 1 aliphatic heterocycles. The molecule has 1 heterocycles. The van der Waals surface area contributed by atoms with E-state index in [1.54, 1.807) is 0 Å². The van der Waals surface area contributed by atoms with Gasteiger partial charge in [0.25, 0.3) is 0 Å². The van der Waals surface area contributed by atoms with Gasteiger partial charge >= 0.3 is 0 Å². The van der Waals surface area contributed by atoms with Gasteiger partial charge in [-0.3, -0.25) is 9.69 Å². The number of hydrogen-bond acceptors (Lipinski definition) is 3. The number of nitrogens with zero attached hydrogens (tertiary/aromatic N) is 1. The topological polar surface area (TPSA) is 52.6 Å². The molecule has 0 aromatic carbocycles. The third kappa shape index (κ3) is 3.34. The summed E-state index contributed by atoms with van der Waals surface area (Å²) < 4.78 is 0. The van der Waals surface area contributed by atoms with E-state index >= 15 is 0 Å². The van der Waals surface area contributed by atoms with Crippen LogP contribution < -0.4 is 5.32 Å². The third-order valence-electron chi connectivity index (χ3n) is 5.39. The number of carbonyl (C=O) groups excluding carboxylic acids is 1. The maximum absolute atomic E-state index is 12.0. The Morgan fingerprint density at radius 2 is 1.85 bits per heavy atom. The van der Waals surface area contributed by atoms with Crippen molar-refractivity contribution >= 4 is 5.91 Å². The standard InChI is InChI=1S/C16H28N2O2/c19-11-13-8-9-18(14-4-2-1-3-5-14)10-15(13)17-16(20)12-6-7-12/h12-15,19H,1-11H2,(H,17,20)/t13-,15-/m1/s1. The second kappa shape index (κ2) is 6.44. The summed E-state index contributed by atoms with van der Waals surface area (Å²) in [5.74, 6) is 0.732. The average molecular weight is 280 g/mol. The molecule has 4 nitrogen and oxygen atoms in total. The van der Waals surface area contributed by atoms with E-state index in [9.17, 15) is 9.90 Å². The fourth-order valence-electron chi connectivity index (χ4n) is 3.83. The Kier molecular flexibility index (Phi) is 4.61. The molecule has 0 bridgehead atoms. The Balaban J connectivity index is 1.57. The van der Waals surface area contributed by atoms with Gasteiger partial charge in [-0.15, -0.1) is 0 Å². The fourth-order valence-corrected chi connectivity index (χ4v) is 3.83. The fraction of sp³-hybridized carbons (Fsp3) is 0.938. The summed E-state index contributed by atoms with van der Waals surface area (Å²) in [6.45, 7) is 2.23. The zero-order chi connectivity index (χ0) is 13.9. The largest absolute Gasteiger partial charge is 0.396 e. The number of aliphatic hydroxyl groups is 1. The van der Waals surface area contributed by atoms with Crippen LogP contribution in [0, 0.1) is 11.8 Å². The van der Waals surface area contributed by atoms with E-state index in [4.69, 9.17) is 0 Å². The highest BCUT2D eigenvalue weighted by Gasteiger charge is 2.36. The lowest BCUT2D eigenvalue weighted by molar-refractivity contribution is -0.124. The highest BCUT2D eigenvalue weighted by molar-refractivity contribution is 5.81. The van der Waals surface area contributed by atoms with Crippen molar-refractivity contribution in [2.75, 3.05) is 19.7 Å². The van der Waals surface area contributed by atoms with Gasteiger partial charge in [-0.05, 0) is 38.6 Å². The van der Waals surface area contributed by atoms with E-state index in [1.165, 1.54) is 32.1 Å². The van der Waals surface area contributed by atoms with Gasteiger partial charge in [0.1, 0.15) is 0 Å². The van der Waals surface area contributed by atoms with Gasteiger partial charge in [-0.2, -0.15) is 0 Å². The lowest BCUT2D eigenvalue weighted by atomic mass is 9.87. The molecule has 4 heteroatoms. The summed E-state index contributed by atoms with van der Waals surface area (Å²) in [5, 5.41) is 12.8. The van der Waals surface area contributed by atoms with E-state index in [1.807, 2.05) is 0 Å². The molecule has 3 aliphatic rings. The Hall–Kier alpha value is -0.610. The molecule has 3 fully saturated rings. The van der Waals surface area contributed by atoms with E-state index < -0.39 is 0 Å². The van der Waals surface area contributed by atoms with Crippen LogP contribution in [0.5, 0.6) is 0 Å². The van der Waals surface area contributed by atoms with Crippen molar-refractivity contribution in [1.29, 1.82) is 0 Å². The van der Waals surface area contributed by atoms with Crippen LogP contribution in [0.1, 0.15) is 51.4 Å². The first-order valence-electron chi connectivity index (χ1n) is 8.43. The second-order valence-electron chi connectivity index (χ2n) is 6.91. The van der Waals surface area contributed by atoms with E-state index in [2.05, 4.69) is 10.2 Å². The number of carbonyl (C=O) groups is 1. The number of amides is 1. The predicted molar refractivity (Wildman–Crippen MR) is 78.3 cm³/mol. The minimum absolute atomic E-state index is 0.156. The number of rotatable bonds is 4. The van der Waals surface area contributed by atoms with Crippen LogP contribution in [-0.4, -0.2) is 47.7 Å². The first kappa shape index (κ1) is 14.3. The summed E-state index contributed by atoms with van der Waals surface area (Å²) in [6, 6.07) is 0.868. The number of hydrogen-bond donors (Lipinski definition) is 2. The van der Waals surface area contributed by atoms with Crippen molar-refractivity contribution in [3.05, 3.63) is 0 Å². The molecule has 2 aliphatic carbocycles. The monoisotopic (exact) mass is 280 g/mol. The van der Waals surface area contributed by atoms with Crippen LogP contribution in [0.2, 0.25) is 0 Å². The maximum Gasteiger partial charge on any atom is 0.223 e. The van der Waals surface area contributed by atoms with Crippen LogP contribution >= 0.6 is 0 Å². The number of likely N-dealkylation sites (tertiary alicyclic amines) is 1. The molecule has 0 unspecified atom stereocenters. The molecular weight excluding hydrogens is 252 g/mol. The number of nitrogens with one attached hydrogen (secondary N) is 1. The van der Waals surface area contributed by atoms with Crippen molar-refractivity contribution < 1.29 is 9.90 Å². The van der Waals surface area contributed by atoms with Gasteiger partial charge in [0.2, 0.25) is 5.91 Å². The SMILES string of the molecule is O=C(N[C@@H]1CN(C2CCCCC2)CC[C@@H]1CO)C1CC1. The van der Waals surface area contributed by atoms with Crippen molar-refractivity contribution in [2.45, 2.75) is 63.5 Å². The normalized spacial score (nSPS) is 33.0. The molecule has 2 saturated carbocycles. The molecule has 20 heavy (non-hydrogen) atoms. The van der Waals surface area contributed by atoms with Crippen LogP contribution in [0.3, 0.4) is 0 Å². The summed E-state index contributed by atoms with van der Waals surface area (Å²) >= 11 is 0. The molecule has 1 saturated heterocycles. The molecular formula is C16H28N2O2. The van der Waals surface area contributed by atoms with Gasteiger partial charge in [0, 0.05) is 37.1 Å². The van der Waals surface area contributed by atoms with Gasteiger partial charge in [0.15, 0.2) is 0 Å². The van der Waals surface area contributed by atoms with E-state index in [0.29, 0.717) is 6.04 Å². The Bertz CT molecular complexity index is 337. The zero-order valence-corrected chi connectivity index (χ0v) is 12.4. The van der Waals surface area contributed by atoms with Crippen molar-refractivity contribution in [2.24, 2.45) is 11.8 Å². The highest BCUT2D eigenvalue weighted by Crippen LogP contribution is 2.31. The lowest BCUT2D eigenvalue weighted by Gasteiger charge is -2.43. The molecule has 1 amide bonds. The molecule has 0 aromatic heterocycles. The van der Waals surface area contributed by atoms with Gasteiger partial charge in [-0.25, -0.2) is 0 Å². The minimum Gasteiger partial charge on any atom is -0.396 e.